The molecule has 22 heavy (non-hydrogen) atoms. The van der Waals surface area contributed by atoms with Gasteiger partial charge in [-0.25, -0.2) is 9.78 Å². The molecule has 8 heteroatoms. The van der Waals surface area contributed by atoms with Crippen LogP contribution in [0.15, 0.2) is 11.4 Å². The van der Waals surface area contributed by atoms with Crippen molar-refractivity contribution in [1.29, 1.82) is 0 Å². The molecule has 0 saturated heterocycles. The first-order chi connectivity index (χ1) is 10.4. The highest BCUT2D eigenvalue weighted by Gasteiger charge is 2.15. The van der Waals surface area contributed by atoms with Crippen LogP contribution in [-0.2, 0) is 13.5 Å². The number of amides is 1. The summed E-state index contributed by atoms with van der Waals surface area (Å²) in [5.74, 6) is -0.975. The minimum atomic E-state index is -1.04. The highest BCUT2D eigenvalue weighted by Crippen LogP contribution is 2.14. The summed E-state index contributed by atoms with van der Waals surface area (Å²) in [4.78, 5) is 26.8. The summed E-state index contributed by atoms with van der Waals surface area (Å²) in [7, 11) is 1.74. The Balaban J connectivity index is 1.91. The van der Waals surface area contributed by atoms with Gasteiger partial charge < -0.3 is 10.4 Å². The number of nitrogens with zero attached hydrogens (tertiary/aromatic N) is 3. The minimum Gasteiger partial charge on any atom is -0.476 e. The van der Waals surface area contributed by atoms with Crippen LogP contribution in [0.25, 0.3) is 0 Å². The highest BCUT2D eigenvalue weighted by atomic mass is 32.1. The van der Waals surface area contributed by atoms with Crippen molar-refractivity contribution in [3.05, 3.63) is 33.5 Å². The smallest absolute Gasteiger partial charge is 0.355 e. The molecule has 0 aliphatic carbocycles. The summed E-state index contributed by atoms with van der Waals surface area (Å²) in [5.41, 5.74) is 1.42. The average molecular weight is 322 g/mol. The molecule has 118 valence electrons. The summed E-state index contributed by atoms with van der Waals surface area (Å²) in [6.07, 6.45) is 0.499. The Hall–Kier alpha value is -2.22. The first-order valence-electron chi connectivity index (χ1n) is 6.88. The first kappa shape index (κ1) is 16.2. The molecule has 0 aliphatic rings. The van der Waals surface area contributed by atoms with Crippen molar-refractivity contribution in [2.24, 2.45) is 7.05 Å². The van der Waals surface area contributed by atoms with Gasteiger partial charge >= 0.3 is 5.97 Å². The van der Waals surface area contributed by atoms with Gasteiger partial charge in [0.15, 0.2) is 5.69 Å². The third kappa shape index (κ3) is 3.70. The van der Waals surface area contributed by atoms with Gasteiger partial charge in [-0.15, -0.1) is 11.3 Å². The largest absolute Gasteiger partial charge is 0.476 e. The highest BCUT2D eigenvalue weighted by molar-refractivity contribution is 7.09. The monoisotopic (exact) mass is 322 g/mol. The molecule has 2 rings (SSSR count). The summed E-state index contributed by atoms with van der Waals surface area (Å²) in [6.45, 7) is 4.44. The summed E-state index contributed by atoms with van der Waals surface area (Å²) in [6, 6.07) is 1.78. The molecule has 2 aromatic rings. The van der Waals surface area contributed by atoms with E-state index in [-0.39, 0.29) is 17.5 Å². The van der Waals surface area contributed by atoms with Crippen molar-refractivity contribution in [3.63, 3.8) is 0 Å². The predicted molar refractivity (Wildman–Crippen MR) is 82.4 cm³/mol. The summed E-state index contributed by atoms with van der Waals surface area (Å²) in [5, 5.41) is 18.1. The molecule has 0 fully saturated rings. The Morgan fingerprint density at radius 2 is 2.18 bits per heavy atom. The van der Waals surface area contributed by atoms with Gasteiger partial charge in [0.2, 0.25) is 0 Å². The van der Waals surface area contributed by atoms with Crippen molar-refractivity contribution >= 4 is 23.2 Å². The second-order valence-corrected chi connectivity index (χ2v) is 6.11. The predicted octanol–water partition coefficient (Wildman–Crippen LogP) is 1.67. The van der Waals surface area contributed by atoms with Crippen molar-refractivity contribution in [2.75, 3.05) is 6.54 Å². The Labute approximate surface area is 132 Å². The number of carbonyl (C=O) groups is 2. The molecule has 0 spiro atoms. The standard InChI is InChI=1S/C14H18N4O3S/c1-8(2)9-6-11(18(3)17-9)13(19)15-5-4-12-16-10(7-22-12)14(20)21/h6-8H,4-5H2,1-3H3,(H,15,19)(H,20,21). The minimum absolute atomic E-state index is 0.0412. The molecule has 0 bridgehead atoms. The number of rotatable bonds is 6. The lowest BCUT2D eigenvalue weighted by molar-refractivity contribution is 0.0690. The SMILES string of the molecule is CC(C)c1cc(C(=O)NCCc2nc(C(=O)O)cs2)n(C)n1. The van der Waals surface area contributed by atoms with E-state index in [1.165, 1.54) is 16.7 Å². The molecular weight excluding hydrogens is 304 g/mol. The van der Waals surface area contributed by atoms with Gasteiger partial charge in [-0.2, -0.15) is 5.10 Å². The van der Waals surface area contributed by atoms with Crippen LogP contribution in [0, 0.1) is 0 Å². The van der Waals surface area contributed by atoms with Crippen LogP contribution in [0.3, 0.4) is 0 Å². The number of aryl methyl sites for hydroxylation is 1. The van der Waals surface area contributed by atoms with E-state index in [9.17, 15) is 9.59 Å². The summed E-state index contributed by atoms with van der Waals surface area (Å²) >= 11 is 1.28. The molecule has 0 saturated carbocycles. The van der Waals surface area contributed by atoms with Crippen LogP contribution in [0.1, 0.15) is 51.4 Å². The van der Waals surface area contributed by atoms with Gasteiger partial charge in [-0.3, -0.25) is 9.48 Å². The van der Waals surface area contributed by atoms with E-state index in [1.54, 1.807) is 17.8 Å². The normalized spacial score (nSPS) is 10.9. The second kappa shape index (κ2) is 6.69. The molecule has 0 atom stereocenters. The molecule has 0 radical (unpaired) electrons. The van der Waals surface area contributed by atoms with E-state index in [1.807, 2.05) is 13.8 Å². The van der Waals surface area contributed by atoms with Crippen molar-refractivity contribution < 1.29 is 14.7 Å². The van der Waals surface area contributed by atoms with Gasteiger partial charge in [-0.05, 0) is 12.0 Å². The number of aromatic nitrogens is 3. The third-order valence-corrected chi connectivity index (χ3v) is 4.03. The van der Waals surface area contributed by atoms with Crippen LogP contribution in [0.4, 0.5) is 0 Å². The number of carboxylic acid groups (broad SMARTS) is 1. The first-order valence-corrected chi connectivity index (χ1v) is 7.76. The van der Waals surface area contributed by atoms with Gasteiger partial charge in [0, 0.05) is 25.4 Å². The number of hydrogen-bond acceptors (Lipinski definition) is 5. The molecule has 0 unspecified atom stereocenters. The van der Waals surface area contributed by atoms with E-state index in [4.69, 9.17) is 5.11 Å². The van der Waals surface area contributed by atoms with Gasteiger partial charge in [-0.1, -0.05) is 13.8 Å². The molecule has 7 nitrogen and oxygen atoms in total. The number of nitrogens with one attached hydrogen (secondary N) is 1. The number of thiazole rings is 1. The molecule has 2 aromatic heterocycles. The molecule has 2 N–H and O–H groups in total. The van der Waals surface area contributed by atoms with E-state index in [0.29, 0.717) is 23.7 Å². The average Bonchev–Trinajstić information content (AvgIpc) is 3.05. The van der Waals surface area contributed by atoms with E-state index < -0.39 is 5.97 Å². The van der Waals surface area contributed by atoms with Crippen molar-refractivity contribution in [3.8, 4) is 0 Å². The number of carbonyl (C=O) groups excluding carboxylic acids is 1. The molecular formula is C14H18N4O3S. The fraction of sp³-hybridized carbons (Fsp3) is 0.429. The Morgan fingerprint density at radius 3 is 2.73 bits per heavy atom. The topological polar surface area (TPSA) is 97.1 Å². The van der Waals surface area contributed by atoms with Gasteiger partial charge in [0.05, 0.1) is 10.7 Å². The maximum absolute atomic E-state index is 12.1. The quantitative estimate of drug-likeness (QED) is 0.843. The fourth-order valence-electron chi connectivity index (χ4n) is 1.88. The Kier molecular flexibility index (Phi) is 4.92. The van der Waals surface area contributed by atoms with Gasteiger partial charge in [0.25, 0.3) is 5.91 Å². The van der Waals surface area contributed by atoms with E-state index in [2.05, 4.69) is 15.4 Å². The fourth-order valence-corrected chi connectivity index (χ4v) is 2.65. The Morgan fingerprint density at radius 1 is 1.45 bits per heavy atom. The lowest BCUT2D eigenvalue weighted by Gasteiger charge is -2.03. The van der Waals surface area contributed by atoms with Crippen molar-refractivity contribution in [1.82, 2.24) is 20.1 Å². The van der Waals surface area contributed by atoms with E-state index in [0.717, 1.165) is 5.69 Å². The lowest BCUT2D eigenvalue weighted by Crippen LogP contribution is -2.27. The zero-order valence-corrected chi connectivity index (χ0v) is 13.5. The molecule has 1 amide bonds. The maximum atomic E-state index is 12.1. The molecule has 2 heterocycles. The van der Waals surface area contributed by atoms with Crippen LogP contribution in [0.2, 0.25) is 0 Å². The van der Waals surface area contributed by atoms with Gasteiger partial charge in [0.1, 0.15) is 5.69 Å². The number of carboxylic acids is 1. The molecule has 0 aliphatic heterocycles. The number of aromatic carboxylic acids is 1. The summed E-state index contributed by atoms with van der Waals surface area (Å²) < 4.78 is 1.57. The van der Waals surface area contributed by atoms with Crippen LogP contribution < -0.4 is 5.32 Å². The van der Waals surface area contributed by atoms with Crippen molar-refractivity contribution in [2.45, 2.75) is 26.2 Å². The third-order valence-electron chi connectivity index (χ3n) is 3.12. The van der Waals surface area contributed by atoms with Crippen LogP contribution in [-0.4, -0.2) is 38.3 Å². The second-order valence-electron chi connectivity index (χ2n) is 5.17. The zero-order valence-electron chi connectivity index (χ0n) is 12.7. The molecule has 0 aromatic carbocycles. The lowest BCUT2D eigenvalue weighted by atomic mass is 10.1. The van der Waals surface area contributed by atoms with Crippen LogP contribution >= 0.6 is 11.3 Å². The Bertz CT molecular complexity index is 690. The van der Waals surface area contributed by atoms with E-state index >= 15 is 0 Å². The maximum Gasteiger partial charge on any atom is 0.355 e. The van der Waals surface area contributed by atoms with Crippen LogP contribution in [0.5, 0.6) is 0 Å². The zero-order chi connectivity index (χ0) is 16.3. The number of hydrogen-bond donors (Lipinski definition) is 2.